The van der Waals surface area contributed by atoms with Gasteiger partial charge in [-0.25, -0.2) is 0 Å². The normalized spacial score (nSPS) is 14.2. The fraction of sp³-hybridized carbons (Fsp3) is 0.533. The summed E-state index contributed by atoms with van der Waals surface area (Å²) in [6.45, 7) is 4.23. The fourth-order valence-electron chi connectivity index (χ4n) is 4.77. The molecule has 2 atom stereocenters. The van der Waals surface area contributed by atoms with Crippen LogP contribution >= 0.6 is 0 Å². The number of carbonyl (C=O) groups is 3. The third-order valence-electron chi connectivity index (χ3n) is 7.76. The minimum absolute atomic E-state index is 0.0103. The molecular formula is C45H69NO7. The first-order valence-electron chi connectivity index (χ1n) is 19.5. The number of unbranched alkanes of at least 4 members (excludes halogenated alkanes) is 3. The molecular weight excluding hydrogens is 666 g/mol. The van der Waals surface area contributed by atoms with E-state index in [1.165, 1.54) is 0 Å². The Morgan fingerprint density at radius 3 is 1.70 bits per heavy atom. The summed E-state index contributed by atoms with van der Waals surface area (Å²) in [5.41, 5.74) is 0. The van der Waals surface area contributed by atoms with E-state index in [9.17, 15) is 19.5 Å². The predicted molar refractivity (Wildman–Crippen MR) is 217 cm³/mol. The molecule has 0 aromatic carbocycles. The molecule has 53 heavy (non-hydrogen) atoms. The van der Waals surface area contributed by atoms with Gasteiger partial charge < -0.3 is 28.6 Å². The van der Waals surface area contributed by atoms with Gasteiger partial charge in [-0.1, -0.05) is 130 Å². The van der Waals surface area contributed by atoms with Crippen molar-refractivity contribution in [3.8, 4) is 0 Å². The molecule has 0 aliphatic rings. The Labute approximate surface area is 321 Å². The van der Waals surface area contributed by atoms with Crippen LogP contribution in [0.4, 0.5) is 0 Å². The lowest BCUT2D eigenvalue weighted by molar-refractivity contribution is -0.889. The van der Waals surface area contributed by atoms with Crippen LogP contribution in [-0.4, -0.2) is 75.5 Å². The van der Waals surface area contributed by atoms with Crippen molar-refractivity contribution < 1.29 is 38.2 Å². The third kappa shape index (κ3) is 33.6. The first-order valence-corrected chi connectivity index (χ1v) is 19.5. The van der Waals surface area contributed by atoms with Crippen LogP contribution in [0.3, 0.4) is 0 Å². The van der Waals surface area contributed by atoms with Crippen LogP contribution in [0, 0.1) is 0 Å². The molecule has 0 spiro atoms. The molecule has 0 aliphatic carbocycles. The van der Waals surface area contributed by atoms with E-state index in [1.54, 1.807) is 21.1 Å². The van der Waals surface area contributed by atoms with E-state index < -0.39 is 24.1 Å². The summed E-state index contributed by atoms with van der Waals surface area (Å²) in [5.74, 6) is -1.92. The van der Waals surface area contributed by atoms with Gasteiger partial charge in [0.05, 0.1) is 40.3 Å². The standard InChI is InChI=1S/C45H69NO7/c1-6-8-10-12-14-16-18-20-21-22-24-26-28-30-32-34-36-44(48)53-41(39-51-38-37-42(45(49)50)46(3,4)5)40-52-43(47)35-33-31-29-27-25-23-19-17-15-13-11-9-7-2/h8-11,13-17,19-21,23-26,30,32,41-42H,6-7,12,18,22,27-29,31,33-40H2,1-5H3/b10-8+,11-9+,15-13+,16-14+,19-17+,21-20+,25-23+,26-24+,32-30+. The summed E-state index contributed by atoms with van der Waals surface area (Å²) < 4.78 is 17.0. The van der Waals surface area contributed by atoms with Crippen LogP contribution in [0.5, 0.6) is 0 Å². The Balaban J connectivity index is 4.64. The maximum absolute atomic E-state index is 12.6. The summed E-state index contributed by atoms with van der Waals surface area (Å²) in [6, 6.07) is -0.751. The van der Waals surface area contributed by atoms with Gasteiger partial charge in [0.2, 0.25) is 0 Å². The quantitative estimate of drug-likeness (QED) is 0.0224. The van der Waals surface area contributed by atoms with Gasteiger partial charge in [0.1, 0.15) is 12.6 Å². The van der Waals surface area contributed by atoms with Crippen molar-refractivity contribution in [3.05, 3.63) is 109 Å². The number of aliphatic carboxylic acids is 1. The van der Waals surface area contributed by atoms with Gasteiger partial charge in [0.15, 0.2) is 6.10 Å². The predicted octanol–water partition coefficient (Wildman–Crippen LogP) is 8.79. The van der Waals surface area contributed by atoms with Crippen molar-refractivity contribution in [2.24, 2.45) is 0 Å². The van der Waals surface area contributed by atoms with Gasteiger partial charge in [-0.05, 0) is 64.2 Å². The SMILES string of the molecule is CC/C=C/C=C/C=C/C=C/CCCCCC(=O)OCC(COCCC(C(=O)[O-])[N+](C)(C)C)OC(=O)CC/C=C/C/C=C/C/C=C/C/C=C/C/C=C/CC. The zero-order valence-electron chi connectivity index (χ0n) is 33.4. The summed E-state index contributed by atoms with van der Waals surface area (Å²) in [6.07, 6.45) is 47.1. The molecule has 0 aliphatic heterocycles. The topological polar surface area (TPSA) is 102 Å². The van der Waals surface area contributed by atoms with Gasteiger partial charge in [-0.3, -0.25) is 9.59 Å². The molecule has 0 radical (unpaired) electrons. The van der Waals surface area contributed by atoms with E-state index in [0.717, 1.165) is 57.8 Å². The first kappa shape index (κ1) is 49.0. The molecule has 0 rings (SSSR count). The molecule has 8 heteroatoms. The van der Waals surface area contributed by atoms with Crippen molar-refractivity contribution in [1.82, 2.24) is 0 Å². The van der Waals surface area contributed by atoms with Gasteiger partial charge >= 0.3 is 11.9 Å². The molecule has 0 N–H and O–H groups in total. The number of rotatable bonds is 32. The Morgan fingerprint density at radius 2 is 1.13 bits per heavy atom. The second kappa shape index (κ2) is 35.0. The molecule has 296 valence electrons. The summed E-state index contributed by atoms with van der Waals surface area (Å²) in [7, 11) is 5.34. The summed E-state index contributed by atoms with van der Waals surface area (Å²) >= 11 is 0. The molecule has 8 nitrogen and oxygen atoms in total. The summed E-state index contributed by atoms with van der Waals surface area (Å²) in [4.78, 5) is 36.7. The molecule has 0 bridgehead atoms. The monoisotopic (exact) mass is 736 g/mol. The smallest absolute Gasteiger partial charge is 0.306 e. The lowest BCUT2D eigenvalue weighted by atomic mass is 10.1. The number of likely N-dealkylation sites (N-methyl/N-ethyl adjacent to an activating group) is 1. The first-order chi connectivity index (χ1) is 25.6. The molecule has 0 heterocycles. The third-order valence-corrected chi connectivity index (χ3v) is 7.76. The van der Waals surface area contributed by atoms with E-state index in [2.05, 4.69) is 74.6 Å². The lowest BCUT2D eigenvalue weighted by Gasteiger charge is -2.34. The molecule has 0 aromatic heterocycles. The van der Waals surface area contributed by atoms with Crippen LogP contribution in [-0.2, 0) is 28.6 Å². The summed E-state index contributed by atoms with van der Waals surface area (Å²) in [5, 5.41) is 11.6. The average molecular weight is 736 g/mol. The highest BCUT2D eigenvalue weighted by Crippen LogP contribution is 2.10. The second-order valence-electron chi connectivity index (χ2n) is 13.5. The number of hydrogen-bond acceptors (Lipinski definition) is 7. The van der Waals surface area contributed by atoms with Crippen LogP contribution in [0.15, 0.2) is 109 Å². The zero-order chi connectivity index (χ0) is 39.3. The Kier molecular flexibility index (Phi) is 32.4. The van der Waals surface area contributed by atoms with Crippen molar-refractivity contribution in [2.75, 3.05) is 41.0 Å². The molecule has 0 saturated carbocycles. The van der Waals surface area contributed by atoms with Crippen molar-refractivity contribution in [1.29, 1.82) is 0 Å². The minimum atomic E-state index is -1.15. The van der Waals surface area contributed by atoms with E-state index in [4.69, 9.17) is 14.2 Å². The van der Waals surface area contributed by atoms with Gasteiger partial charge in [-0.15, -0.1) is 0 Å². The highest BCUT2D eigenvalue weighted by Gasteiger charge is 2.25. The highest BCUT2D eigenvalue weighted by atomic mass is 16.6. The molecule has 2 unspecified atom stereocenters. The van der Waals surface area contributed by atoms with Crippen LogP contribution in [0.1, 0.15) is 104 Å². The number of nitrogens with zero attached hydrogens (tertiary/aromatic N) is 1. The van der Waals surface area contributed by atoms with E-state index >= 15 is 0 Å². The lowest BCUT2D eigenvalue weighted by Crippen LogP contribution is -2.55. The van der Waals surface area contributed by atoms with E-state index in [0.29, 0.717) is 12.8 Å². The number of allylic oxidation sites excluding steroid dienone is 18. The minimum Gasteiger partial charge on any atom is -0.544 e. The maximum Gasteiger partial charge on any atom is 0.306 e. The van der Waals surface area contributed by atoms with Crippen LogP contribution < -0.4 is 5.11 Å². The van der Waals surface area contributed by atoms with Gasteiger partial charge in [0, 0.05) is 19.3 Å². The van der Waals surface area contributed by atoms with Crippen molar-refractivity contribution >= 4 is 17.9 Å². The number of carboxylic acids is 1. The highest BCUT2D eigenvalue weighted by molar-refractivity contribution is 5.70. The Bertz CT molecular complexity index is 1230. The number of esters is 2. The van der Waals surface area contributed by atoms with Crippen molar-refractivity contribution in [2.45, 2.75) is 116 Å². The number of hydrogen-bond donors (Lipinski definition) is 0. The van der Waals surface area contributed by atoms with E-state index in [-0.39, 0.29) is 49.5 Å². The Morgan fingerprint density at radius 1 is 0.585 bits per heavy atom. The largest absolute Gasteiger partial charge is 0.544 e. The fourth-order valence-corrected chi connectivity index (χ4v) is 4.77. The Hall–Kier alpha value is -4.01. The molecule has 0 aromatic rings. The number of ether oxygens (including phenoxy) is 3. The van der Waals surface area contributed by atoms with Gasteiger partial charge in [0.25, 0.3) is 0 Å². The molecule has 0 fully saturated rings. The number of carbonyl (C=O) groups excluding carboxylic acids is 3. The zero-order valence-corrected chi connectivity index (χ0v) is 33.4. The van der Waals surface area contributed by atoms with Crippen molar-refractivity contribution in [3.63, 3.8) is 0 Å². The van der Waals surface area contributed by atoms with Crippen LogP contribution in [0.25, 0.3) is 0 Å². The number of carboxylic acid groups (broad SMARTS) is 1. The second-order valence-corrected chi connectivity index (χ2v) is 13.5. The van der Waals surface area contributed by atoms with Gasteiger partial charge in [-0.2, -0.15) is 0 Å². The van der Waals surface area contributed by atoms with Crippen LogP contribution in [0.2, 0.25) is 0 Å². The maximum atomic E-state index is 12.6. The molecule has 0 saturated heterocycles. The van der Waals surface area contributed by atoms with E-state index in [1.807, 2.05) is 48.6 Å². The molecule has 0 amide bonds. The number of quaternary nitrogens is 1. The average Bonchev–Trinajstić information content (AvgIpc) is 3.11.